The van der Waals surface area contributed by atoms with Gasteiger partial charge in [0.25, 0.3) is 0 Å². The lowest BCUT2D eigenvalue weighted by atomic mass is 10.0. The van der Waals surface area contributed by atoms with Gasteiger partial charge in [-0.2, -0.15) is 0 Å². The van der Waals surface area contributed by atoms with E-state index in [1.54, 1.807) is 14.2 Å². The van der Waals surface area contributed by atoms with E-state index >= 15 is 0 Å². The van der Waals surface area contributed by atoms with E-state index in [1.165, 1.54) is 0 Å². The van der Waals surface area contributed by atoms with E-state index in [0.29, 0.717) is 10.8 Å². The second-order valence-electron chi connectivity index (χ2n) is 4.50. The molecule has 2 rings (SSSR count). The van der Waals surface area contributed by atoms with Crippen LogP contribution >= 0.6 is 23.2 Å². The molecule has 4 heteroatoms. The zero-order valence-corrected chi connectivity index (χ0v) is 13.1. The number of benzene rings is 2. The fourth-order valence-electron chi connectivity index (χ4n) is 2.07. The van der Waals surface area contributed by atoms with Gasteiger partial charge in [0.2, 0.25) is 0 Å². The van der Waals surface area contributed by atoms with Gasteiger partial charge in [0, 0.05) is 5.56 Å². The lowest BCUT2D eigenvalue weighted by Crippen LogP contribution is -1.98. The first-order valence-electron chi connectivity index (χ1n) is 6.19. The molecule has 0 N–H and O–H groups in total. The molecular formula is C16H16Cl2O2. The van der Waals surface area contributed by atoms with Crippen molar-refractivity contribution < 1.29 is 9.47 Å². The highest BCUT2D eigenvalue weighted by Crippen LogP contribution is 2.38. The highest BCUT2D eigenvalue weighted by molar-refractivity contribution is 6.32. The van der Waals surface area contributed by atoms with Gasteiger partial charge in [-0.15, -0.1) is 11.6 Å². The third kappa shape index (κ3) is 3.02. The van der Waals surface area contributed by atoms with Crippen molar-refractivity contribution in [1.82, 2.24) is 0 Å². The molecule has 2 aromatic rings. The number of hydrogen-bond acceptors (Lipinski definition) is 2. The summed E-state index contributed by atoms with van der Waals surface area (Å²) in [6.45, 7) is 2.02. The van der Waals surface area contributed by atoms with Crippen molar-refractivity contribution in [2.24, 2.45) is 0 Å². The van der Waals surface area contributed by atoms with Crippen LogP contribution in [0.2, 0.25) is 5.02 Å². The standard InChI is InChI=1S/C16H16Cl2O2/c1-10-4-6-14(19-2)12(8-10)16(18)11-5-7-15(20-3)13(17)9-11/h4-9,16H,1-3H3. The van der Waals surface area contributed by atoms with Gasteiger partial charge in [-0.25, -0.2) is 0 Å². The maximum atomic E-state index is 6.58. The lowest BCUT2D eigenvalue weighted by molar-refractivity contribution is 0.410. The molecule has 0 amide bonds. The fraction of sp³-hybridized carbons (Fsp3) is 0.250. The van der Waals surface area contributed by atoms with Crippen molar-refractivity contribution in [2.75, 3.05) is 14.2 Å². The van der Waals surface area contributed by atoms with E-state index in [4.69, 9.17) is 32.7 Å². The molecule has 2 aromatic carbocycles. The van der Waals surface area contributed by atoms with E-state index in [-0.39, 0.29) is 5.38 Å². The van der Waals surface area contributed by atoms with Gasteiger partial charge < -0.3 is 9.47 Å². The first-order chi connectivity index (χ1) is 9.56. The third-order valence-corrected chi connectivity index (χ3v) is 3.91. The van der Waals surface area contributed by atoms with E-state index in [1.807, 2.05) is 43.3 Å². The Kier molecular flexibility index (Phi) is 4.79. The van der Waals surface area contributed by atoms with Crippen LogP contribution in [0.1, 0.15) is 22.1 Å². The summed E-state index contributed by atoms with van der Waals surface area (Å²) in [5.41, 5.74) is 2.96. The number of rotatable bonds is 4. The zero-order valence-electron chi connectivity index (χ0n) is 11.6. The van der Waals surface area contributed by atoms with E-state index in [9.17, 15) is 0 Å². The number of hydrogen-bond donors (Lipinski definition) is 0. The molecule has 0 bridgehead atoms. The average Bonchev–Trinajstić information content (AvgIpc) is 2.46. The largest absolute Gasteiger partial charge is 0.496 e. The van der Waals surface area contributed by atoms with Crippen molar-refractivity contribution in [3.63, 3.8) is 0 Å². The van der Waals surface area contributed by atoms with E-state index in [2.05, 4.69) is 0 Å². The number of aryl methyl sites for hydroxylation is 1. The predicted octanol–water partition coefficient (Wildman–Crippen LogP) is 4.99. The van der Waals surface area contributed by atoms with Crippen molar-refractivity contribution in [3.8, 4) is 11.5 Å². The summed E-state index contributed by atoms with van der Waals surface area (Å²) in [5.74, 6) is 1.40. The summed E-state index contributed by atoms with van der Waals surface area (Å²) in [4.78, 5) is 0. The third-order valence-electron chi connectivity index (χ3n) is 3.13. The Labute approximate surface area is 129 Å². The molecule has 0 saturated heterocycles. The zero-order chi connectivity index (χ0) is 14.7. The van der Waals surface area contributed by atoms with Gasteiger partial charge >= 0.3 is 0 Å². The molecule has 106 valence electrons. The van der Waals surface area contributed by atoms with Crippen molar-refractivity contribution in [2.45, 2.75) is 12.3 Å². The lowest BCUT2D eigenvalue weighted by Gasteiger charge is -2.16. The quantitative estimate of drug-likeness (QED) is 0.740. The fourth-order valence-corrected chi connectivity index (χ4v) is 2.64. The molecule has 0 aliphatic carbocycles. The SMILES string of the molecule is COc1ccc(C(Cl)c2cc(C)ccc2OC)cc1Cl. The first kappa shape index (κ1) is 15.0. The second-order valence-corrected chi connectivity index (χ2v) is 5.35. The molecule has 0 aliphatic heterocycles. The molecule has 0 radical (unpaired) electrons. The smallest absolute Gasteiger partial charge is 0.137 e. The highest BCUT2D eigenvalue weighted by Gasteiger charge is 2.17. The van der Waals surface area contributed by atoms with E-state index < -0.39 is 0 Å². The second kappa shape index (κ2) is 6.38. The Hall–Kier alpha value is -1.38. The Morgan fingerprint density at radius 2 is 1.60 bits per heavy atom. The minimum atomic E-state index is -0.326. The molecule has 2 nitrogen and oxygen atoms in total. The van der Waals surface area contributed by atoms with Gasteiger partial charge in [0.1, 0.15) is 11.5 Å². The van der Waals surface area contributed by atoms with Crippen molar-refractivity contribution >= 4 is 23.2 Å². The van der Waals surface area contributed by atoms with Gasteiger partial charge in [0.15, 0.2) is 0 Å². The van der Waals surface area contributed by atoms with Crippen LogP contribution in [-0.2, 0) is 0 Å². The highest BCUT2D eigenvalue weighted by atomic mass is 35.5. The minimum absolute atomic E-state index is 0.326. The number of halogens is 2. The van der Waals surface area contributed by atoms with Crippen LogP contribution in [0, 0.1) is 6.92 Å². The first-order valence-corrected chi connectivity index (χ1v) is 7.00. The Balaban J connectivity index is 2.43. The average molecular weight is 311 g/mol. The van der Waals surface area contributed by atoms with Crippen molar-refractivity contribution in [1.29, 1.82) is 0 Å². The predicted molar refractivity (Wildman–Crippen MR) is 83.4 cm³/mol. The summed E-state index contributed by atoms with van der Waals surface area (Å²) in [7, 11) is 3.22. The maximum absolute atomic E-state index is 6.58. The van der Waals surface area contributed by atoms with Gasteiger partial charge in [-0.05, 0) is 30.7 Å². The molecular weight excluding hydrogens is 295 g/mol. The van der Waals surface area contributed by atoms with Crippen LogP contribution in [0.5, 0.6) is 11.5 Å². The summed E-state index contributed by atoms with van der Waals surface area (Å²) in [6.07, 6.45) is 0. The maximum Gasteiger partial charge on any atom is 0.137 e. The van der Waals surface area contributed by atoms with Gasteiger partial charge in [0.05, 0.1) is 24.6 Å². The molecule has 0 heterocycles. The van der Waals surface area contributed by atoms with Crippen LogP contribution in [0.15, 0.2) is 36.4 Å². The molecule has 0 saturated carbocycles. The number of methoxy groups -OCH3 is 2. The Bertz CT molecular complexity index is 611. The molecule has 0 aromatic heterocycles. The molecule has 20 heavy (non-hydrogen) atoms. The summed E-state index contributed by atoms with van der Waals surface area (Å²) in [6, 6.07) is 11.5. The summed E-state index contributed by atoms with van der Waals surface area (Å²) >= 11 is 12.7. The number of alkyl halides is 1. The molecule has 0 fully saturated rings. The van der Waals surface area contributed by atoms with Crippen LogP contribution < -0.4 is 9.47 Å². The molecule has 0 aliphatic rings. The van der Waals surface area contributed by atoms with Crippen LogP contribution in [0.3, 0.4) is 0 Å². The topological polar surface area (TPSA) is 18.5 Å². The molecule has 1 atom stereocenters. The normalized spacial score (nSPS) is 12.1. The Morgan fingerprint density at radius 1 is 0.950 bits per heavy atom. The number of ether oxygens (including phenoxy) is 2. The van der Waals surface area contributed by atoms with Crippen LogP contribution in [-0.4, -0.2) is 14.2 Å². The van der Waals surface area contributed by atoms with Crippen LogP contribution in [0.25, 0.3) is 0 Å². The van der Waals surface area contributed by atoms with Crippen molar-refractivity contribution in [3.05, 3.63) is 58.1 Å². The van der Waals surface area contributed by atoms with Crippen LogP contribution in [0.4, 0.5) is 0 Å². The van der Waals surface area contributed by atoms with Gasteiger partial charge in [-0.3, -0.25) is 0 Å². The molecule has 0 spiro atoms. The van der Waals surface area contributed by atoms with E-state index in [0.717, 1.165) is 22.4 Å². The Morgan fingerprint density at radius 3 is 2.20 bits per heavy atom. The molecule has 1 unspecified atom stereocenters. The minimum Gasteiger partial charge on any atom is -0.496 e. The summed E-state index contributed by atoms with van der Waals surface area (Å²) in [5, 5.41) is 0.218. The van der Waals surface area contributed by atoms with Gasteiger partial charge in [-0.1, -0.05) is 35.4 Å². The summed E-state index contributed by atoms with van der Waals surface area (Å²) < 4.78 is 10.5. The monoisotopic (exact) mass is 310 g/mol.